The summed E-state index contributed by atoms with van der Waals surface area (Å²) in [5, 5.41) is 16.0. The molecule has 0 aromatic rings. The highest BCUT2D eigenvalue weighted by atomic mass is 16.9. The van der Waals surface area contributed by atoms with Gasteiger partial charge in [-0.25, -0.2) is 0 Å². The second-order valence-electron chi connectivity index (χ2n) is 2.69. The average Bonchev–Trinajstić information content (AvgIpc) is 2.31. The van der Waals surface area contributed by atoms with E-state index in [1.165, 1.54) is 35.4 Å². The zero-order valence-corrected chi connectivity index (χ0v) is 10.4. The van der Waals surface area contributed by atoms with Crippen molar-refractivity contribution >= 4 is 0 Å². The lowest BCUT2D eigenvalue weighted by atomic mass is 10.5. The monoisotopic (exact) mass is 242 g/mol. The molecule has 16 heavy (non-hydrogen) atoms. The Labute approximate surface area is 95.8 Å². The maximum atomic E-state index is 8.11. The van der Waals surface area contributed by atoms with Crippen molar-refractivity contribution in [2.24, 2.45) is 0 Å². The molecule has 0 spiro atoms. The molecule has 0 bridgehead atoms. The maximum absolute atomic E-state index is 8.11. The number of rotatable bonds is 7. The maximum Gasteiger partial charge on any atom is 0.275 e. The molecule has 0 radical (unpaired) electrons. The second-order valence-corrected chi connectivity index (χ2v) is 2.69. The third-order valence-corrected chi connectivity index (χ3v) is 1.26. The number of aliphatic hydroxyl groups excluding tert-OH is 2. The zero-order chi connectivity index (χ0) is 13.0. The molecule has 0 heterocycles. The van der Waals surface area contributed by atoms with E-state index in [-0.39, 0.29) is 6.61 Å². The first-order valence-corrected chi connectivity index (χ1v) is 4.61. The lowest BCUT2D eigenvalue weighted by Crippen LogP contribution is -2.27. The minimum absolute atomic E-state index is 0.139. The van der Waals surface area contributed by atoms with Crippen molar-refractivity contribution in [3.63, 3.8) is 0 Å². The van der Waals surface area contributed by atoms with E-state index in [0.717, 1.165) is 0 Å². The summed E-state index contributed by atoms with van der Waals surface area (Å²) in [6.45, 7) is -0.139. The van der Waals surface area contributed by atoms with Gasteiger partial charge in [-0.15, -0.1) is 0 Å². The van der Waals surface area contributed by atoms with Gasteiger partial charge in [0.25, 0.3) is 13.0 Å². The van der Waals surface area contributed by atoms with Crippen LogP contribution in [0.3, 0.4) is 0 Å². The van der Waals surface area contributed by atoms with Gasteiger partial charge in [-0.05, 0) is 6.92 Å². The molecule has 0 aromatic heterocycles. The van der Waals surface area contributed by atoms with Gasteiger partial charge in [-0.2, -0.15) is 0 Å². The van der Waals surface area contributed by atoms with Crippen LogP contribution in [0.15, 0.2) is 0 Å². The van der Waals surface area contributed by atoms with Crippen molar-refractivity contribution in [2.75, 3.05) is 35.0 Å². The molecule has 100 valence electrons. The van der Waals surface area contributed by atoms with Gasteiger partial charge in [0.1, 0.15) is 0 Å². The van der Waals surface area contributed by atoms with Gasteiger partial charge >= 0.3 is 0 Å². The molecule has 7 nitrogen and oxygen atoms in total. The topological polar surface area (TPSA) is 86.6 Å². The SMILES string of the molecule is CC(O)CO.COC(OC)OC(OC)OC. The van der Waals surface area contributed by atoms with Gasteiger partial charge in [0.05, 0.1) is 12.7 Å². The number of methoxy groups -OCH3 is 4. The first-order chi connectivity index (χ1) is 7.55. The van der Waals surface area contributed by atoms with Crippen molar-refractivity contribution in [3.8, 4) is 0 Å². The lowest BCUT2D eigenvalue weighted by Gasteiger charge is -2.19. The van der Waals surface area contributed by atoms with Gasteiger partial charge in [0.15, 0.2) is 0 Å². The molecule has 1 unspecified atom stereocenters. The van der Waals surface area contributed by atoms with Crippen molar-refractivity contribution in [2.45, 2.75) is 26.0 Å². The smallest absolute Gasteiger partial charge is 0.275 e. The van der Waals surface area contributed by atoms with Crippen LogP contribution < -0.4 is 0 Å². The molecular formula is C9H22O7. The molecule has 0 saturated carbocycles. The molecule has 0 fully saturated rings. The summed E-state index contributed by atoms with van der Waals surface area (Å²) in [5.41, 5.74) is 0. The van der Waals surface area contributed by atoms with E-state index in [1.54, 1.807) is 0 Å². The van der Waals surface area contributed by atoms with Crippen molar-refractivity contribution in [3.05, 3.63) is 0 Å². The Morgan fingerprint density at radius 1 is 0.875 bits per heavy atom. The number of hydrogen-bond acceptors (Lipinski definition) is 7. The molecule has 0 aliphatic carbocycles. The highest BCUT2D eigenvalue weighted by Crippen LogP contribution is 2.01. The Balaban J connectivity index is 0. The fraction of sp³-hybridized carbons (Fsp3) is 1.00. The van der Waals surface area contributed by atoms with Gasteiger partial charge in [-0.3, -0.25) is 4.74 Å². The van der Waals surface area contributed by atoms with Crippen LogP contribution in [0.2, 0.25) is 0 Å². The molecule has 0 amide bonds. The first-order valence-electron chi connectivity index (χ1n) is 4.61. The minimum atomic E-state index is -0.764. The van der Waals surface area contributed by atoms with Crippen molar-refractivity contribution in [1.29, 1.82) is 0 Å². The largest absolute Gasteiger partial charge is 0.394 e. The fourth-order valence-corrected chi connectivity index (χ4v) is 0.505. The van der Waals surface area contributed by atoms with Crippen LogP contribution in [0, 0.1) is 0 Å². The van der Waals surface area contributed by atoms with Crippen LogP contribution in [0.1, 0.15) is 6.92 Å². The average molecular weight is 242 g/mol. The van der Waals surface area contributed by atoms with Crippen LogP contribution in [0.4, 0.5) is 0 Å². The van der Waals surface area contributed by atoms with E-state index in [2.05, 4.69) is 0 Å². The van der Waals surface area contributed by atoms with Crippen molar-refractivity contribution < 1.29 is 33.9 Å². The molecule has 1 atom stereocenters. The number of aliphatic hydroxyl groups is 2. The molecule has 0 aliphatic heterocycles. The van der Waals surface area contributed by atoms with Gasteiger partial charge in [0.2, 0.25) is 0 Å². The molecule has 7 heteroatoms. The predicted molar refractivity (Wildman–Crippen MR) is 55.5 cm³/mol. The minimum Gasteiger partial charge on any atom is -0.394 e. The highest BCUT2D eigenvalue weighted by Gasteiger charge is 2.13. The van der Waals surface area contributed by atoms with Crippen LogP contribution in [0.5, 0.6) is 0 Å². The Morgan fingerprint density at radius 3 is 1.25 bits per heavy atom. The number of hydrogen-bond donors (Lipinski definition) is 2. The standard InChI is InChI=1S/C6H14O5.C3H8O2/c1-7-5(8-2)11-6(9-3)10-4;1-3(5)2-4/h5-6H,1-4H3;3-5H,2H2,1H3. The van der Waals surface area contributed by atoms with Crippen molar-refractivity contribution in [1.82, 2.24) is 0 Å². The molecular weight excluding hydrogens is 220 g/mol. The fourth-order valence-electron chi connectivity index (χ4n) is 0.505. The van der Waals surface area contributed by atoms with Crippen LogP contribution >= 0.6 is 0 Å². The van der Waals surface area contributed by atoms with Gasteiger partial charge in [0, 0.05) is 28.4 Å². The Kier molecular flexibility index (Phi) is 14.5. The van der Waals surface area contributed by atoms with E-state index in [0.29, 0.717) is 0 Å². The summed E-state index contributed by atoms with van der Waals surface area (Å²) in [5.74, 6) is 0. The van der Waals surface area contributed by atoms with E-state index < -0.39 is 19.1 Å². The van der Waals surface area contributed by atoms with E-state index in [9.17, 15) is 0 Å². The molecule has 0 saturated heterocycles. The van der Waals surface area contributed by atoms with E-state index in [4.69, 9.17) is 33.9 Å². The van der Waals surface area contributed by atoms with E-state index >= 15 is 0 Å². The predicted octanol–water partition coefficient (Wildman–Crippen LogP) is -0.485. The lowest BCUT2D eigenvalue weighted by molar-refractivity contribution is -0.378. The van der Waals surface area contributed by atoms with E-state index in [1.807, 2.05) is 0 Å². The first kappa shape index (κ1) is 18.1. The number of ether oxygens (including phenoxy) is 5. The van der Waals surface area contributed by atoms with Crippen LogP contribution in [-0.2, 0) is 23.7 Å². The van der Waals surface area contributed by atoms with Gasteiger partial charge < -0.3 is 29.2 Å². The molecule has 2 N–H and O–H groups in total. The summed E-state index contributed by atoms with van der Waals surface area (Å²) in [7, 11) is 5.82. The quantitative estimate of drug-likeness (QED) is 0.583. The third kappa shape index (κ3) is 11.8. The highest BCUT2D eigenvalue weighted by molar-refractivity contribution is 4.34. The summed E-state index contributed by atoms with van der Waals surface area (Å²) in [6.07, 6.45) is -0.560. The Hall–Kier alpha value is -0.280. The van der Waals surface area contributed by atoms with Crippen LogP contribution in [0.25, 0.3) is 0 Å². The second kappa shape index (κ2) is 12.8. The third-order valence-electron chi connectivity index (χ3n) is 1.26. The Bertz CT molecular complexity index is 113. The summed E-state index contributed by atoms with van der Waals surface area (Å²) < 4.78 is 23.9. The summed E-state index contributed by atoms with van der Waals surface area (Å²) in [6, 6.07) is 0. The molecule has 0 aliphatic rings. The normalized spacial score (nSPS) is 12.6. The van der Waals surface area contributed by atoms with Gasteiger partial charge in [-0.1, -0.05) is 0 Å². The molecule has 0 rings (SSSR count). The molecule has 0 aromatic carbocycles. The zero-order valence-electron chi connectivity index (χ0n) is 10.4. The summed E-state index contributed by atoms with van der Waals surface area (Å²) in [4.78, 5) is 0. The Morgan fingerprint density at radius 2 is 1.12 bits per heavy atom. The van der Waals surface area contributed by atoms with Crippen LogP contribution in [-0.4, -0.2) is 64.3 Å². The summed E-state index contributed by atoms with van der Waals surface area (Å²) >= 11 is 0.